The Bertz CT molecular complexity index is 127. The molecule has 0 amide bonds. The minimum absolute atomic E-state index is 0. The van der Waals surface area contributed by atoms with Crippen molar-refractivity contribution >= 4 is 0 Å². The number of piperidine rings is 1. The second-order valence-electron chi connectivity index (χ2n) is 2.87. The van der Waals surface area contributed by atoms with Gasteiger partial charge >= 0.3 is 27.7 Å². The Hall–Kier alpha value is 0.175. The minimum atomic E-state index is 0. The molecular formula is C10H16HgN2. The standard InChI is InChI=1S/C5H10N.C5H6N.Hg/c2*1-2-4-6-5-3-1;/h1-5H2;1-4H,5H2;/q2*-1;+2. The second-order valence-corrected chi connectivity index (χ2v) is 2.87. The van der Waals surface area contributed by atoms with Crippen LogP contribution in [-0.4, -0.2) is 19.6 Å². The molecule has 0 aromatic carbocycles. The zero-order valence-electron chi connectivity index (χ0n) is 8.15. The summed E-state index contributed by atoms with van der Waals surface area (Å²) < 4.78 is 0. The van der Waals surface area contributed by atoms with E-state index < -0.39 is 0 Å². The Labute approximate surface area is 101 Å². The SMILES string of the molecule is C1=CC[N-]C=C1.C1CC[N-]CC1.[Hg+2]. The van der Waals surface area contributed by atoms with Crippen LogP contribution >= 0.6 is 0 Å². The molecule has 1 saturated heterocycles. The van der Waals surface area contributed by atoms with Gasteiger partial charge < -0.3 is 10.6 Å². The van der Waals surface area contributed by atoms with Crippen LogP contribution in [0.15, 0.2) is 24.4 Å². The van der Waals surface area contributed by atoms with Crippen LogP contribution in [0.1, 0.15) is 19.3 Å². The average molecular weight is 365 g/mol. The maximum atomic E-state index is 4.18. The topological polar surface area (TPSA) is 28.2 Å². The Morgan fingerprint density at radius 2 is 1.69 bits per heavy atom. The smallest absolute Gasteiger partial charge is 0.687 e. The van der Waals surface area contributed by atoms with E-state index in [2.05, 4.69) is 10.6 Å². The van der Waals surface area contributed by atoms with Gasteiger partial charge in [-0.3, -0.25) is 0 Å². The van der Waals surface area contributed by atoms with Gasteiger partial charge in [0.15, 0.2) is 0 Å². The number of allylic oxidation sites excluding steroid dienone is 2. The van der Waals surface area contributed by atoms with Gasteiger partial charge in [0.25, 0.3) is 0 Å². The molecule has 2 aliphatic heterocycles. The maximum Gasteiger partial charge on any atom is 2.00 e. The average Bonchev–Trinajstić information content (AvgIpc) is 2.24. The molecule has 0 aromatic heterocycles. The van der Waals surface area contributed by atoms with Crippen molar-refractivity contribution in [3.05, 3.63) is 35.1 Å². The third-order valence-electron chi connectivity index (χ3n) is 1.78. The quantitative estimate of drug-likeness (QED) is 0.591. The Balaban J connectivity index is 0.000000206. The van der Waals surface area contributed by atoms with Crippen LogP contribution in [0, 0.1) is 0 Å². The van der Waals surface area contributed by atoms with Crippen LogP contribution in [0.4, 0.5) is 0 Å². The zero-order valence-corrected chi connectivity index (χ0v) is 13.7. The first-order valence-corrected chi connectivity index (χ1v) is 4.62. The van der Waals surface area contributed by atoms with Crippen LogP contribution in [0.3, 0.4) is 0 Å². The van der Waals surface area contributed by atoms with E-state index in [4.69, 9.17) is 0 Å². The van der Waals surface area contributed by atoms with Crippen LogP contribution in [-0.2, 0) is 27.7 Å². The van der Waals surface area contributed by atoms with Crippen molar-refractivity contribution in [1.29, 1.82) is 0 Å². The van der Waals surface area contributed by atoms with Crippen LogP contribution in [0.2, 0.25) is 0 Å². The minimum Gasteiger partial charge on any atom is -0.687 e. The van der Waals surface area contributed by atoms with Crippen molar-refractivity contribution in [1.82, 2.24) is 0 Å². The molecular weight excluding hydrogens is 349 g/mol. The maximum absolute atomic E-state index is 4.18. The Kier molecular flexibility index (Phi) is 10.4. The van der Waals surface area contributed by atoms with Gasteiger partial charge in [-0.05, 0) is 0 Å². The number of hydrogen-bond acceptors (Lipinski definition) is 0. The first-order valence-electron chi connectivity index (χ1n) is 4.62. The van der Waals surface area contributed by atoms with Gasteiger partial charge in [-0.25, -0.2) is 0 Å². The van der Waals surface area contributed by atoms with Crippen molar-refractivity contribution in [2.75, 3.05) is 19.6 Å². The molecule has 0 radical (unpaired) electrons. The van der Waals surface area contributed by atoms with E-state index in [0.717, 1.165) is 19.6 Å². The van der Waals surface area contributed by atoms with Gasteiger partial charge in [-0.15, -0.1) is 25.7 Å². The van der Waals surface area contributed by atoms with E-state index in [1.165, 1.54) is 19.3 Å². The van der Waals surface area contributed by atoms with E-state index in [1.54, 1.807) is 6.20 Å². The first kappa shape index (κ1) is 13.2. The molecule has 0 atom stereocenters. The molecule has 0 N–H and O–H groups in total. The van der Waals surface area contributed by atoms with E-state index in [9.17, 15) is 0 Å². The summed E-state index contributed by atoms with van der Waals surface area (Å²) in [6, 6.07) is 0. The van der Waals surface area contributed by atoms with Gasteiger partial charge in [0.2, 0.25) is 0 Å². The Morgan fingerprint density at radius 1 is 0.923 bits per heavy atom. The predicted octanol–water partition coefficient (Wildman–Crippen LogP) is 2.99. The van der Waals surface area contributed by atoms with E-state index >= 15 is 0 Å². The second kappa shape index (κ2) is 10.3. The number of rotatable bonds is 0. The molecule has 1 fully saturated rings. The molecule has 2 heterocycles. The Morgan fingerprint density at radius 3 is 1.85 bits per heavy atom. The summed E-state index contributed by atoms with van der Waals surface area (Å²) in [6.45, 7) is 3.11. The van der Waals surface area contributed by atoms with Crippen molar-refractivity contribution in [3.8, 4) is 0 Å². The van der Waals surface area contributed by atoms with E-state index in [0.29, 0.717) is 0 Å². The van der Waals surface area contributed by atoms with Crippen molar-refractivity contribution in [2.24, 2.45) is 0 Å². The van der Waals surface area contributed by atoms with Gasteiger partial charge in [-0.1, -0.05) is 31.4 Å². The fraction of sp³-hybridized carbons (Fsp3) is 0.600. The van der Waals surface area contributed by atoms with Crippen molar-refractivity contribution < 1.29 is 27.7 Å². The summed E-state index contributed by atoms with van der Waals surface area (Å²) in [6.07, 6.45) is 11.8. The van der Waals surface area contributed by atoms with E-state index in [1.807, 2.05) is 18.2 Å². The van der Waals surface area contributed by atoms with Gasteiger partial charge in [0.05, 0.1) is 0 Å². The molecule has 2 aliphatic rings. The summed E-state index contributed by atoms with van der Waals surface area (Å²) >= 11 is 0. The first-order chi connectivity index (χ1) is 6.00. The predicted molar refractivity (Wildman–Crippen MR) is 53.5 cm³/mol. The van der Waals surface area contributed by atoms with Crippen LogP contribution in [0.5, 0.6) is 0 Å². The van der Waals surface area contributed by atoms with Crippen molar-refractivity contribution in [3.63, 3.8) is 0 Å². The zero-order chi connectivity index (χ0) is 8.49. The fourth-order valence-corrected chi connectivity index (χ4v) is 1.11. The van der Waals surface area contributed by atoms with Crippen molar-refractivity contribution in [2.45, 2.75) is 19.3 Å². The number of nitrogens with zero attached hydrogens (tertiary/aromatic N) is 2. The number of hydrogen-bond donors (Lipinski definition) is 0. The van der Waals surface area contributed by atoms with Gasteiger partial charge in [0.1, 0.15) is 0 Å². The molecule has 13 heavy (non-hydrogen) atoms. The molecule has 0 unspecified atom stereocenters. The summed E-state index contributed by atoms with van der Waals surface area (Å²) in [7, 11) is 0. The summed E-state index contributed by atoms with van der Waals surface area (Å²) in [5, 5.41) is 8.09. The molecule has 0 bridgehead atoms. The summed E-state index contributed by atoms with van der Waals surface area (Å²) in [5.74, 6) is 0. The molecule has 2 nitrogen and oxygen atoms in total. The molecule has 0 aliphatic carbocycles. The fourth-order valence-electron chi connectivity index (χ4n) is 1.11. The molecule has 3 heteroatoms. The van der Waals surface area contributed by atoms with Gasteiger partial charge in [0, 0.05) is 0 Å². The summed E-state index contributed by atoms with van der Waals surface area (Å²) in [4.78, 5) is 0. The van der Waals surface area contributed by atoms with E-state index in [-0.39, 0.29) is 27.7 Å². The molecule has 68 valence electrons. The van der Waals surface area contributed by atoms with Crippen LogP contribution in [0.25, 0.3) is 10.6 Å². The summed E-state index contributed by atoms with van der Waals surface area (Å²) in [5.41, 5.74) is 0. The monoisotopic (exact) mass is 366 g/mol. The van der Waals surface area contributed by atoms with Crippen LogP contribution < -0.4 is 0 Å². The largest absolute Gasteiger partial charge is 2.00 e. The molecule has 2 rings (SSSR count). The third-order valence-corrected chi connectivity index (χ3v) is 1.78. The normalized spacial score (nSPS) is 19.1. The molecule has 0 saturated carbocycles. The molecule has 0 aromatic rings. The third kappa shape index (κ3) is 8.50. The van der Waals surface area contributed by atoms with Gasteiger partial charge in [-0.2, -0.15) is 6.20 Å². The molecule has 0 spiro atoms.